The molecular weight excluding hydrogens is 244 g/mol. The number of nitrogens with one attached hydrogen (secondary N) is 1. The average Bonchev–Trinajstić information content (AvgIpc) is 2.70. The molecule has 2 N–H and O–H groups in total. The van der Waals surface area contributed by atoms with Crippen LogP contribution in [0.25, 0.3) is 0 Å². The summed E-state index contributed by atoms with van der Waals surface area (Å²) in [5.41, 5.74) is 0. The predicted octanol–water partition coefficient (Wildman–Crippen LogP) is 0.127. The highest BCUT2D eigenvalue weighted by Gasteiger charge is 2.40. The Morgan fingerprint density at radius 2 is 1.89 bits per heavy atom. The maximum absolute atomic E-state index is 12.0. The van der Waals surface area contributed by atoms with E-state index in [1.807, 2.05) is 0 Å². The number of morpholine rings is 1. The van der Waals surface area contributed by atoms with Crippen LogP contribution in [0, 0.1) is 5.92 Å². The van der Waals surface area contributed by atoms with E-state index in [2.05, 4.69) is 10.2 Å². The lowest BCUT2D eigenvalue weighted by Crippen LogP contribution is -2.52. The van der Waals surface area contributed by atoms with Gasteiger partial charge in [0.25, 0.3) is 0 Å². The summed E-state index contributed by atoms with van der Waals surface area (Å²) in [6, 6.07) is 0.136. The number of aliphatic hydroxyl groups is 1. The number of carbonyl (C=O) groups excluding carboxylic acids is 1. The highest BCUT2D eigenvalue weighted by molar-refractivity contribution is 5.79. The van der Waals surface area contributed by atoms with Crippen LogP contribution in [0.3, 0.4) is 0 Å². The van der Waals surface area contributed by atoms with Crippen molar-refractivity contribution >= 4 is 5.91 Å². The van der Waals surface area contributed by atoms with Gasteiger partial charge in [-0.1, -0.05) is 6.42 Å². The van der Waals surface area contributed by atoms with E-state index in [1.54, 1.807) is 0 Å². The van der Waals surface area contributed by atoms with Crippen molar-refractivity contribution in [1.82, 2.24) is 10.2 Å². The van der Waals surface area contributed by atoms with Crippen molar-refractivity contribution in [3.63, 3.8) is 0 Å². The summed E-state index contributed by atoms with van der Waals surface area (Å²) in [7, 11) is 0. The fraction of sp³-hybridized carbons (Fsp3) is 0.929. The predicted molar refractivity (Wildman–Crippen MR) is 70.7 cm³/mol. The number of ether oxygens (including phenoxy) is 1. The van der Waals surface area contributed by atoms with Gasteiger partial charge in [-0.3, -0.25) is 9.69 Å². The molecular formula is C14H24N2O3. The summed E-state index contributed by atoms with van der Waals surface area (Å²) in [5, 5.41) is 13.5. The minimum atomic E-state index is -0.429. The van der Waals surface area contributed by atoms with Crippen LogP contribution in [0.2, 0.25) is 0 Å². The highest BCUT2D eigenvalue weighted by Crippen LogP contribution is 2.29. The average molecular weight is 268 g/mol. The van der Waals surface area contributed by atoms with Crippen molar-refractivity contribution in [2.45, 2.75) is 50.3 Å². The molecule has 0 bridgehead atoms. The van der Waals surface area contributed by atoms with Gasteiger partial charge in [0.2, 0.25) is 5.91 Å². The Morgan fingerprint density at radius 1 is 1.16 bits per heavy atom. The molecule has 108 valence electrons. The molecule has 1 heterocycles. The van der Waals surface area contributed by atoms with Gasteiger partial charge >= 0.3 is 0 Å². The van der Waals surface area contributed by atoms with Crippen LogP contribution in [-0.4, -0.2) is 60.4 Å². The summed E-state index contributed by atoms with van der Waals surface area (Å²) < 4.78 is 5.35. The maximum Gasteiger partial charge on any atom is 0.223 e. The largest absolute Gasteiger partial charge is 0.389 e. The molecule has 1 saturated heterocycles. The van der Waals surface area contributed by atoms with E-state index in [0.717, 1.165) is 52.0 Å². The molecule has 5 nitrogen and oxygen atoms in total. The van der Waals surface area contributed by atoms with E-state index in [0.29, 0.717) is 0 Å². The van der Waals surface area contributed by atoms with E-state index >= 15 is 0 Å². The Balaban J connectivity index is 1.52. The van der Waals surface area contributed by atoms with Crippen molar-refractivity contribution in [1.29, 1.82) is 0 Å². The van der Waals surface area contributed by atoms with Crippen molar-refractivity contribution in [2.24, 2.45) is 5.92 Å². The summed E-state index contributed by atoms with van der Waals surface area (Å²) in [6.45, 7) is 3.29. The van der Waals surface area contributed by atoms with Crippen molar-refractivity contribution in [3.8, 4) is 0 Å². The van der Waals surface area contributed by atoms with Gasteiger partial charge in [-0.15, -0.1) is 0 Å². The zero-order chi connectivity index (χ0) is 13.2. The van der Waals surface area contributed by atoms with Gasteiger partial charge in [-0.25, -0.2) is 0 Å². The lowest BCUT2D eigenvalue weighted by Gasteiger charge is -2.35. The molecule has 0 spiro atoms. The summed E-state index contributed by atoms with van der Waals surface area (Å²) in [4.78, 5) is 14.3. The smallest absolute Gasteiger partial charge is 0.223 e. The van der Waals surface area contributed by atoms with Crippen molar-refractivity contribution < 1.29 is 14.6 Å². The van der Waals surface area contributed by atoms with Crippen molar-refractivity contribution in [2.75, 3.05) is 26.3 Å². The highest BCUT2D eigenvalue weighted by atomic mass is 16.5. The topological polar surface area (TPSA) is 61.8 Å². The summed E-state index contributed by atoms with van der Waals surface area (Å²) in [5.74, 6) is 0.354. The molecule has 3 aliphatic rings. The molecule has 19 heavy (non-hydrogen) atoms. The lowest BCUT2D eigenvalue weighted by atomic mass is 9.84. The first-order chi connectivity index (χ1) is 9.25. The third kappa shape index (κ3) is 2.78. The minimum Gasteiger partial charge on any atom is -0.389 e. The van der Waals surface area contributed by atoms with E-state index in [-0.39, 0.29) is 23.9 Å². The van der Waals surface area contributed by atoms with Gasteiger partial charge in [0.15, 0.2) is 0 Å². The molecule has 1 aliphatic heterocycles. The van der Waals surface area contributed by atoms with Gasteiger partial charge in [-0.2, -0.15) is 0 Å². The van der Waals surface area contributed by atoms with E-state index in [1.165, 1.54) is 6.42 Å². The molecule has 3 rings (SSSR count). The third-order valence-electron chi connectivity index (χ3n) is 4.90. The summed E-state index contributed by atoms with van der Waals surface area (Å²) in [6.07, 6.45) is 4.63. The second kappa shape index (κ2) is 5.77. The van der Waals surface area contributed by atoms with Crippen LogP contribution >= 0.6 is 0 Å². The molecule has 5 heteroatoms. The standard InChI is InChI=1S/C14H24N2O3/c17-13-11(15-14(18)10-2-1-3-10)4-5-12(13)16-6-8-19-9-7-16/h10-13,17H,1-9H2,(H,15,18)/t11-,12-,13-/m1/s1. The maximum atomic E-state index is 12.0. The van der Waals surface area contributed by atoms with Crippen LogP contribution in [0.4, 0.5) is 0 Å². The Kier molecular flexibility index (Phi) is 4.05. The van der Waals surface area contributed by atoms with Gasteiger partial charge in [0, 0.05) is 25.0 Å². The number of hydrogen-bond donors (Lipinski definition) is 2. The van der Waals surface area contributed by atoms with Crippen molar-refractivity contribution in [3.05, 3.63) is 0 Å². The third-order valence-corrected chi connectivity index (χ3v) is 4.90. The van der Waals surface area contributed by atoms with Crippen LogP contribution in [-0.2, 0) is 9.53 Å². The van der Waals surface area contributed by atoms with E-state index in [4.69, 9.17) is 4.74 Å². The fourth-order valence-electron chi connectivity index (χ4n) is 3.40. The number of nitrogens with zero attached hydrogens (tertiary/aromatic N) is 1. The second-order valence-electron chi connectivity index (χ2n) is 6.03. The van der Waals surface area contributed by atoms with E-state index < -0.39 is 6.10 Å². The fourth-order valence-corrected chi connectivity index (χ4v) is 3.40. The van der Waals surface area contributed by atoms with Gasteiger partial charge < -0.3 is 15.2 Å². The first-order valence-corrected chi connectivity index (χ1v) is 7.56. The normalized spacial score (nSPS) is 37.0. The molecule has 0 aromatic carbocycles. The van der Waals surface area contributed by atoms with Gasteiger partial charge in [0.1, 0.15) is 0 Å². The second-order valence-corrected chi connectivity index (χ2v) is 6.03. The Morgan fingerprint density at radius 3 is 2.53 bits per heavy atom. The molecule has 1 amide bonds. The minimum absolute atomic E-state index is 0.0547. The Bertz CT molecular complexity index is 327. The number of hydrogen-bond acceptors (Lipinski definition) is 4. The molecule has 0 unspecified atom stereocenters. The Labute approximate surface area is 114 Å². The molecule has 2 aliphatic carbocycles. The number of rotatable bonds is 3. The van der Waals surface area contributed by atoms with Crippen LogP contribution in [0.5, 0.6) is 0 Å². The molecule has 0 aromatic rings. The first-order valence-electron chi connectivity index (χ1n) is 7.56. The van der Waals surface area contributed by atoms with Crippen LogP contribution in [0.15, 0.2) is 0 Å². The number of carbonyl (C=O) groups is 1. The van der Waals surface area contributed by atoms with Gasteiger partial charge in [-0.05, 0) is 25.7 Å². The first kappa shape index (κ1) is 13.3. The number of aliphatic hydroxyl groups excluding tert-OH is 1. The van der Waals surface area contributed by atoms with Crippen LogP contribution < -0.4 is 5.32 Å². The number of amides is 1. The van der Waals surface area contributed by atoms with E-state index in [9.17, 15) is 9.90 Å². The summed E-state index contributed by atoms with van der Waals surface area (Å²) >= 11 is 0. The molecule has 3 atom stereocenters. The van der Waals surface area contributed by atoms with Gasteiger partial charge in [0.05, 0.1) is 25.4 Å². The zero-order valence-electron chi connectivity index (χ0n) is 11.4. The molecule has 0 aromatic heterocycles. The quantitative estimate of drug-likeness (QED) is 0.763. The van der Waals surface area contributed by atoms with Crippen LogP contribution in [0.1, 0.15) is 32.1 Å². The lowest BCUT2D eigenvalue weighted by molar-refractivity contribution is -0.129. The Hall–Kier alpha value is -0.650. The monoisotopic (exact) mass is 268 g/mol. The molecule has 3 fully saturated rings. The molecule has 2 saturated carbocycles. The zero-order valence-corrected chi connectivity index (χ0v) is 11.4. The molecule has 0 radical (unpaired) electrons. The SMILES string of the molecule is O=C(N[C@@H]1CC[C@@H](N2CCOCC2)[C@@H]1O)C1CCC1.